The quantitative estimate of drug-likeness (QED) is 0.690. The Morgan fingerprint density at radius 2 is 1.87 bits per heavy atom. The number of rotatable bonds is 3. The highest BCUT2D eigenvalue weighted by Gasteiger charge is 2.14. The van der Waals surface area contributed by atoms with Crippen LogP contribution in [-0.4, -0.2) is 9.72 Å². The van der Waals surface area contributed by atoms with E-state index in [2.05, 4.69) is 21.1 Å². The van der Waals surface area contributed by atoms with E-state index in [1.54, 1.807) is 4.57 Å². The van der Waals surface area contributed by atoms with Gasteiger partial charge in [0.1, 0.15) is 5.76 Å². The van der Waals surface area contributed by atoms with Crippen molar-refractivity contribution in [2.75, 3.05) is 0 Å². The average Bonchev–Trinajstić information content (AvgIpc) is 2.85. The van der Waals surface area contributed by atoms with Crippen LogP contribution in [0.3, 0.4) is 0 Å². The van der Waals surface area contributed by atoms with Crippen LogP contribution >= 0.6 is 15.9 Å². The van der Waals surface area contributed by atoms with Crippen LogP contribution in [-0.2, 0) is 6.54 Å². The normalized spacial score (nSPS) is 11.0. The predicted octanol–water partition coefficient (Wildman–Crippen LogP) is 4.24. The maximum Gasteiger partial charge on any atom is 0.253 e. The van der Waals surface area contributed by atoms with E-state index in [1.165, 1.54) is 0 Å². The van der Waals surface area contributed by atoms with E-state index < -0.39 is 0 Å². The van der Waals surface area contributed by atoms with Gasteiger partial charge in [0.2, 0.25) is 0 Å². The van der Waals surface area contributed by atoms with Crippen molar-refractivity contribution in [2.24, 2.45) is 0 Å². The highest BCUT2D eigenvalue weighted by atomic mass is 79.9. The highest BCUT2D eigenvalue weighted by molar-refractivity contribution is 9.10. The van der Waals surface area contributed by atoms with Crippen molar-refractivity contribution in [3.8, 4) is 11.1 Å². The second-order valence-electron chi connectivity index (χ2n) is 5.67. The van der Waals surface area contributed by atoms with Gasteiger partial charge >= 0.3 is 0 Å². The lowest BCUT2D eigenvalue weighted by Crippen LogP contribution is -2.22. The first-order valence-electron chi connectivity index (χ1n) is 7.34. The molecule has 3 rings (SSSR count). The topological polar surface area (TPSA) is 48.0 Å². The minimum atomic E-state index is 0.0171. The van der Waals surface area contributed by atoms with Gasteiger partial charge in [0.05, 0.1) is 12.2 Å². The number of benzene rings is 1. The van der Waals surface area contributed by atoms with E-state index in [4.69, 9.17) is 4.52 Å². The third-order valence-corrected chi connectivity index (χ3v) is 4.38. The fourth-order valence-corrected chi connectivity index (χ4v) is 2.99. The lowest BCUT2D eigenvalue weighted by Gasteiger charge is -2.10. The molecule has 0 fully saturated rings. The van der Waals surface area contributed by atoms with Gasteiger partial charge in [0.15, 0.2) is 0 Å². The Labute approximate surface area is 142 Å². The molecule has 0 bridgehead atoms. The summed E-state index contributed by atoms with van der Waals surface area (Å²) in [6.45, 7) is 6.16. The Hall–Kier alpha value is -2.14. The van der Waals surface area contributed by atoms with Gasteiger partial charge in [-0.2, -0.15) is 0 Å². The fourth-order valence-electron chi connectivity index (χ4n) is 2.72. The summed E-state index contributed by atoms with van der Waals surface area (Å²) in [5.41, 5.74) is 4.54. The van der Waals surface area contributed by atoms with E-state index in [1.807, 2.05) is 57.3 Å². The number of hydrogen-bond donors (Lipinski definition) is 0. The predicted molar refractivity (Wildman–Crippen MR) is 93.7 cm³/mol. The van der Waals surface area contributed by atoms with Crippen molar-refractivity contribution in [2.45, 2.75) is 27.3 Å². The monoisotopic (exact) mass is 372 g/mol. The lowest BCUT2D eigenvalue weighted by atomic mass is 10.0. The molecular weight excluding hydrogens is 356 g/mol. The minimum Gasteiger partial charge on any atom is -0.361 e. The number of aryl methyl sites for hydroxylation is 3. The third kappa shape index (κ3) is 3.15. The largest absolute Gasteiger partial charge is 0.361 e. The summed E-state index contributed by atoms with van der Waals surface area (Å²) in [7, 11) is 0. The molecule has 0 spiro atoms. The van der Waals surface area contributed by atoms with E-state index in [9.17, 15) is 4.79 Å². The van der Waals surface area contributed by atoms with Gasteiger partial charge in [-0.3, -0.25) is 4.79 Å². The highest BCUT2D eigenvalue weighted by Crippen LogP contribution is 2.26. The maximum absolute atomic E-state index is 12.4. The fraction of sp³-hybridized carbons (Fsp3) is 0.222. The molecule has 0 N–H and O–H groups in total. The number of halogens is 1. The zero-order valence-electron chi connectivity index (χ0n) is 13.3. The Morgan fingerprint density at radius 3 is 2.48 bits per heavy atom. The molecule has 0 aliphatic heterocycles. The molecule has 0 radical (unpaired) electrons. The number of hydrogen-bond acceptors (Lipinski definition) is 3. The van der Waals surface area contributed by atoms with Crippen molar-refractivity contribution < 1.29 is 4.52 Å². The summed E-state index contributed by atoms with van der Waals surface area (Å²) in [6, 6.07) is 9.87. The second-order valence-corrected chi connectivity index (χ2v) is 6.59. The maximum atomic E-state index is 12.4. The van der Waals surface area contributed by atoms with Gasteiger partial charge < -0.3 is 9.09 Å². The van der Waals surface area contributed by atoms with Gasteiger partial charge in [0, 0.05) is 27.4 Å². The second kappa shape index (κ2) is 6.16. The average molecular weight is 373 g/mol. The van der Waals surface area contributed by atoms with E-state index in [0.29, 0.717) is 12.1 Å². The molecule has 0 saturated heterocycles. The molecule has 0 amide bonds. The van der Waals surface area contributed by atoms with Crippen molar-refractivity contribution in [1.29, 1.82) is 0 Å². The molecule has 3 aromatic rings. The smallest absolute Gasteiger partial charge is 0.253 e. The van der Waals surface area contributed by atoms with Gasteiger partial charge in [-0.25, -0.2) is 0 Å². The van der Waals surface area contributed by atoms with Crippen molar-refractivity contribution in [3.63, 3.8) is 0 Å². The van der Waals surface area contributed by atoms with Crippen LogP contribution < -0.4 is 5.56 Å². The van der Waals surface area contributed by atoms with Crippen molar-refractivity contribution in [3.05, 3.63) is 73.9 Å². The van der Waals surface area contributed by atoms with Crippen LogP contribution in [0.1, 0.15) is 22.6 Å². The van der Waals surface area contributed by atoms with Crippen LogP contribution in [0.2, 0.25) is 0 Å². The molecule has 23 heavy (non-hydrogen) atoms. The zero-order valence-corrected chi connectivity index (χ0v) is 14.8. The number of nitrogens with zero attached hydrogens (tertiary/aromatic N) is 2. The van der Waals surface area contributed by atoms with Gasteiger partial charge in [-0.1, -0.05) is 33.2 Å². The molecule has 5 heteroatoms. The molecule has 118 valence electrons. The number of aromatic nitrogens is 2. The third-order valence-electron chi connectivity index (χ3n) is 3.85. The van der Waals surface area contributed by atoms with Gasteiger partial charge in [0.25, 0.3) is 5.56 Å². The van der Waals surface area contributed by atoms with Crippen molar-refractivity contribution >= 4 is 15.9 Å². The summed E-state index contributed by atoms with van der Waals surface area (Å²) in [5, 5.41) is 4.00. The Bertz CT molecular complexity index is 888. The molecule has 0 saturated carbocycles. The summed E-state index contributed by atoms with van der Waals surface area (Å²) >= 11 is 3.42. The van der Waals surface area contributed by atoms with Crippen LogP contribution in [0.4, 0.5) is 0 Å². The SMILES string of the molecule is Cc1noc(C)c1-c1cc(C)c(=O)n(Cc2ccc(Br)cc2)c1. The summed E-state index contributed by atoms with van der Waals surface area (Å²) in [4.78, 5) is 12.4. The van der Waals surface area contributed by atoms with E-state index >= 15 is 0 Å². The molecular formula is C18H17BrN2O2. The Balaban J connectivity index is 2.07. The summed E-state index contributed by atoms with van der Waals surface area (Å²) in [6.07, 6.45) is 1.88. The molecule has 0 aliphatic carbocycles. The summed E-state index contributed by atoms with van der Waals surface area (Å²) < 4.78 is 8.01. The van der Waals surface area contributed by atoms with Crippen LogP contribution in [0.5, 0.6) is 0 Å². The molecule has 0 atom stereocenters. The molecule has 2 heterocycles. The zero-order chi connectivity index (χ0) is 16.6. The molecule has 4 nitrogen and oxygen atoms in total. The Morgan fingerprint density at radius 1 is 1.17 bits per heavy atom. The first-order chi connectivity index (χ1) is 11.0. The van der Waals surface area contributed by atoms with Crippen LogP contribution in [0.25, 0.3) is 11.1 Å². The van der Waals surface area contributed by atoms with Crippen LogP contribution in [0, 0.1) is 20.8 Å². The molecule has 0 aliphatic rings. The molecule has 1 aromatic carbocycles. The van der Waals surface area contributed by atoms with E-state index in [0.717, 1.165) is 32.6 Å². The van der Waals surface area contributed by atoms with Crippen molar-refractivity contribution in [1.82, 2.24) is 9.72 Å². The first kappa shape index (κ1) is 15.7. The summed E-state index contributed by atoms with van der Waals surface area (Å²) in [5.74, 6) is 0.760. The minimum absolute atomic E-state index is 0.0171. The molecule has 2 aromatic heterocycles. The number of pyridine rings is 1. The Kier molecular flexibility index (Phi) is 4.22. The van der Waals surface area contributed by atoms with Gasteiger partial charge in [-0.15, -0.1) is 0 Å². The van der Waals surface area contributed by atoms with Gasteiger partial charge in [-0.05, 0) is 44.5 Å². The first-order valence-corrected chi connectivity index (χ1v) is 8.14. The molecule has 0 unspecified atom stereocenters. The standard InChI is InChI=1S/C18H17BrN2O2/c1-11-8-15(17-12(2)20-23-13(17)3)10-21(18(11)22)9-14-4-6-16(19)7-5-14/h4-8,10H,9H2,1-3H3. The van der Waals surface area contributed by atoms with Crippen LogP contribution in [0.15, 0.2) is 50.3 Å². The lowest BCUT2D eigenvalue weighted by molar-refractivity contribution is 0.393. The van der Waals surface area contributed by atoms with E-state index in [-0.39, 0.29) is 5.56 Å².